The smallest absolute Gasteiger partial charge is 0.321 e. The minimum absolute atomic E-state index is 0.208. The standard InChI is InChI=1S/C20H23F2N3O4/c1-4-8-20(21,22)17-18(25-14-9-11(28-3)6-7-13(14)24-17)29-15-10-23-16(19(26)27)12(15)5-2/h4,6-7,9,12,15-16,23H,1,5,8,10H2,2-3H3,(H,26,27)/t12-,15+,16+/m1/s1. The number of methoxy groups -OCH3 is 1. The molecule has 0 amide bonds. The molecule has 3 rings (SSSR count). The second kappa shape index (κ2) is 8.28. The van der Waals surface area contributed by atoms with Gasteiger partial charge in [-0.15, -0.1) is 6.58 Å². The first kappa shape index (κ1) is 20.9. The molecule has 0 saturated carbocycles. The number of carbonyl (C=O) groups is 1. The molecule has 29 heavy (non-hydrogen) atoms. The summed E-state index contributed by atoms with van der Waals surface area (Å²) < 4.78 is 40.5. The van der Waals surface area contributed by atoms with Crippen molar-refractivity contribution >= 4 is 17.0 Å². The highest BCUT2D eigenvalue weighted by atomic mass is 19.3. The van der Waals surface area contributed by atoms with Crippen LogP contribution in [0.5, 0.6) is 11.6 Å². The van der Waals surface area contributed by atoms with E-state index in [1.165, 1.54) is 7.11 Å². The van der Waals surface area contributed by atoms with Gasteiger partial charge in [-0.25, -0.2) is 9.97 Å². The fraction of sp³-hybridized carbons (Fsp3) is 0.450. The average molecular weight is 407 g/mol. The molecule has 9 heteroatoms. The molecule has 1 aliphatic rings. The van der Waals surface area contributed by atoms with Crippen LogP contribution in [0, 0.1) is 5.92 Å². The van der Waals surface area contributed by atoms with Crippen LogP contribution in [0.2, 0.25) is 0 Å². The maximum Gasteiger partial charge on any atom is 0.321 e. The lowest BCUT2D eigenvalue weighted by Gasteiger charge is -2.24. The molecule has 0 aliphatic carbocycles. The van der Waals surface area contributed by atoms with Crippen molar-refractivity contribution in [2.45, 2.75) is 37.8 Å². The zero-order valence-corrected chi connectivity index (χ0v) is 16.2. The van der Waals surface area contributed by atoms with Crippen molar-refractivity contribution < 1.29 is 28.2 Å². The van der Waals surface area contributed by atoms with Crippen LogP contribution < -0.4 is 14.8 Å². The van der Waals surface area contributed by atoms with Crippen LogP contribution >= 0.6 is 0 Å². The monoisotopic (exact) mass is 407 g/mol. The molecule has 7 nitrogen and oxygen atoms in total. The summed E-state index contributed by atoms with van der Waals surface area (Å²) in [4.78, 5) is 19.8. The maximum atomic E-state index is 14.8. The molecule has 1 aromatic heterocycles. The number of aromatic nitrogens is 2. The van der Waals surface area contributed by atoms with Crippen LogP contribution in [0.4, 0.5) is 8.78 Å². The van der Waals surface area contributed by atoms with E-state index in [1.54, 1.807) is 18.2 Å². The number of aliphatic carboxylic acids is 1. The molecular weight excluding hydrogens is 384 g/mol. The van der Waals surface area contributed by atoms with Crippen molar-refractivity contribution in [3.05, 3.63) is 36.5 Å². The van der Waals surface area contributed by atoms with Gasteiger partial charge in [0, 0.05) is 24.9 Å². The largest absolute Gasteiger partial charge is 0.497 e. The lowest BCUT2D eigenvalue weighted by atomic mass is 9.95. The number of carboxylic acids is 1. The molecule has 0 spiro atoms. The van der Waals surface area contributed by atoms with Gasteiger partial charge >= 0.3 is 5.97 Å². The predicted octanol–water partition coefficient (Wildman–Crippen LogP) is 3.14. The zero-order chi connectivity index (χ0) is 21.2. The fourth-order valence-corrected chi connectivity index (χ4v) is 3.55. The van der Waals surface area contributed by atoms with Gasteiger partial charge in [0.25, 0.3) is 5.92 Å². The molecule has 156 valence electrons. The number of benzene rings is 1. The number of nitrogens with one attached hydrogen (secondary N) is 1. The van der Waals surface area contributed by atoms with Crippen LogP contribution in [0.25, 0.3) is 11.0 Å². The molecule has 2 N–H and O–H groups in total. The molecule has 0 radical (unpaired) electrons. The summed E-state index contributed by atoms with van der Waals surface area (Å²) in [5, 5.41) is 12.2. The minimum atomic E-state index is -3.34. The van der Waals surface area contributed by atoms with Crippen molar-refractivity contribution in [2.24, 2.45) is 5.92 Å². The normalized spacial score (nSPS) is 21.9. The molecule has 1 aliphatic heterocycles. The number of alkyl halides is 2. The number of ether oxygens (including phenoxy) is 2. The van der Waals surface area contributed by atoms with Crippen molar-refractivity contribution in [1.29, 1.82) is 0 Å². The van der Waals surface area contributed by atoms with Crippen LogP contribution in [-0.2, 0) is 10.7 Å². The van der Waals surface area contributed by atoms with Crippen LogP contribution in [0.15, 0.2) is 30.9 Å². The van der Waals surface area contributed by atoms with Crippen LogP contribution in [0.1, 0.15) is 25.5 Å². The molecular formula is C20H23F2N3O4. The fourth-order valence-electron chi connectivity index (χ4n) is 3.55. The highest BCUT2D eigenvalue weighted by Crippen LogP contribution is 2.38. The minimum Gasteiger partial charge on any atom is -0.497 e. The maximum absolute atomic E-state index is 14.8. The Labute approximate surface area is 166 Å². The van der Waals surface area contributed by atoms with Gasteiger partial charge in [0.1, 0.15) is 17.9 Å². The summed E-state index contributed by atoms with van der Waals surface area (Å²) in [7, 11) is 1.49. The summed E-state index contributed by atoms with van der Waals surface area (Å²) in [6.07, 6.45) is 0.354. The van der Waals surface area contributed by atoms with Gasteiger partial charge in [-0.1, -0.05) is 13.0 Å². The van der Waals surface area contributed by atoms with E-state index in [9.17, 15) is 18.7 Å². The van der Waals surface area contributed by atoms with E-state index in [2.05, 4.69) is 21.9 Å². The van der Waals surface area contributed by atoms with E-state index in [4.69, 9.17) is 9.47 Å². The first-order valence-corrected chi connectivity index (χ1v) is 9.28. The Balaban J connectivity index is 2.06. The number of hydrogen-bond donors (Lipinski definition) is 2. The Morgan fingerprint density at radius 1 is 1.41 bits per heavy atom. The van der Waals surface area contributed by atoms with Crippen molar-refractivity contribution in [1.82, 2.24) is 15.3 Å². The third kappa shape index (κ3) is 4.14. The summed E-state index contributed by atoms with van der Waals surface area (Å²) in [6, 6.07) is 3.92. The highest BCUT2D eigenvalue weighted by molar-refractivity contribution is 5.77. The number of carboxylic acid groups (broad SMARTS) is 1. The topological polar surface area (TPSA) is 93.6 Å². The van der Waals surface area contributed by atoms with E-state index in [0.29, 0.717) is 17.7 Å². The number of fused-ring (bicyclic) bond motifs is 1. The molecule has 0 unspecified atom stereocenters. The molecule has 2 aromatic rings. The van der Waals surface area contributed by atoms with Gasteiger partial charge in [0.2, 0.25) is 5.88 Å². The molecule has 1 fully saturated rings. The number of rotatable bonds is 8. The van der Waals surface area contributed by atoms with Gasteiger partial charge in [0.05, 0.1) is 18.1 Å². The molecule has 3 atom stereocenters. The second-order valence-electron chi connectivity index (χ2n) is 6.88. The SMILES string of the molecule is C=CCC(F)(F)c1nc2ccc(OC)cc2nc1O[C@H]1CN[C@H](C(=O)O)[C@@H]1CC. The quantitative estimate of drug-likeness (QED) is 0.650. The number of hydrogen-bond acceptors (Lipinski definition) is 6. The van der Waals surface area contributed by atoms with Gasteiger partial charge in [0.15, 0.2) is 5.69 Å². The van der Waals surface area contributed by atoms with E-state index < -0.39 is 42.1 Å². The Morgan fingerprint density at radius 2 is 2.17 bits per heavy atom. The Hall–Kier alpha value is -2.81. The van der Waals surface area contributed by atoms with Gasteiger partial charge < -0.3 is 19.9 Å². The summed E-state index contributed by atoms with van der Waals surface area (Å²) in [5.41, 5.74) is 0.0203. The lowest BCUT2D eigenvalue weighted by molar-refractivity contribution is -0.140. The van der Waals surface area contributed by atoms with Crippen LogP contribution in [-0.4, -0.2) is 46.8 Å². The Bertz CT molecular complexity index is 922. The summed E-state index contributed by atoms with van der Waals surface area (Å²) >= 11 is 0. The average Bonchev–Trinajstić information content (AvgIpc) is 3.09. The third-order valence-electron chi connectivity index (χ3n) is 5.03. The number of nitrogens with zero attached hydrogens (tertiary/aromatic N) is 2. The summed E-state index contributed by atoms with van der Waals surface area (Å²) in [6.45, 7) is 5.42. The van der Waals surface area contributed by atoms with Gasteiger partial charge in [-0.3, -0.25) is 4.79 Å². The third-order valence-corrected chi connectivity index (χ3v) is 5.03. The molecule has 1 saturated heterocycles. The van der Waals surface area contributed by atoms with Gasteiger partial charge in [-0.05, 0) is 18.6 Å². The van der Waals surface area contributed by atoms with Crippen molar-refractivity contribution in [3.8, 4) is 11.6 Å². The highest BCUT2D eigenvalue weighted by Gasteiger charge is 2.43. The van der Waals surface area contributed by atoms with E-state index in [0.717, 1.165) is 6.08 Å². The van der Waals surface area contributed by atoms with E-state index in [-0.39, 0.29) is 17.9 Å². The van der Waals surface area contributed by atoms with Crippen LogP contribution in [0.3, 0.4) is 0 Å². The number of allylic oxidation sites excluding steroid dienone is 1. The Morgan fingerprint density at radius 3 is 2.79 bits per heavy atom. The predicted molar refractivity (Wildman–Crippen MR) is 102 cm³/mol. The molecule has 0 bridgehead atoms. The van der Waals surface area contributed by atoms with E-state index in [1.807, 2.05) is 6.92 Å². The molecule has 2 heterocycles. The number of halogens is 2. The first-order valence-electron chi connectivity index (χ1n) is 9.28. The molecule has 1 aromatic carbocycles. The Kier molecular flexibility index (Phi) is 5.97. The van der Waals surface area contributed by atoms with Crippen molar-refractivity contribution in [2.75, 3.05) is 13.7 Å². The van der Waals surface area contributed by atoms with Crippen molar-refractivity contribution in [3.63, 3.8) is 0 Å². The lowest BCUT2D eigenvalue weighted by Crippen LogP contribution is -2.36. The van der Waals surface area contributed by atoms with E-state index >= 15 is 0 Å². The first-order chi connectivity index (χ1) is 13.8. The summed E-state index contributed by atoms with van der Waals surface area (Å²) in [5.74, 6) is -4.54. The second-order valence-corrected chi connectivity index (χ2v) is 6.88. The zero-order valence-electron chi connectivity index (χ0n) is 16.2. The van der Waals surface area contributed by atoms with Gasteiger partial charge in [-0.2, -0.15) is 8.78 Å².